The molecule has 1 fully saturated rings. The van der Waals surface area contributed by atoms with Crippen LogP contribution in [0.5, 0.6) is 5.75 Å². The van der Waals surface area contributed by atoms with Crippen molar-refractivity contribution in [2.24, 2.45) is 5.92 Å². The highest BCUT2D eigenvalue weighted by atomic mass is 19.1. The van der Waals surface area contributed by atoms with E-state index in [1.54, 1.807) is 57.4 Å². The molecular weight excluding hydrogens is 389 g/mol. The van der Waals surface area contributed by atoms with Gasteiger partial charge in [-0.3, -0.25) is 14.4 Å². The van der Waals surface area contributed by atoms with E-state index in [0.29, 0.717) is 11.4 Å². The fraction of sp³-hybridized carbons (Fsp3) is 0.318. The summed E-state index contributed by atoms with van der Waals surface area (Å²) in [4.78, 5) is 39.2. The maximum Gasteiger partial charge on any atom is 0.259 e. The Morgan fingerprint density at radius 3 is 2.53 bits per heavy atom. The highest BCUT2D eigenvalue weighted by Gasteiger charge is 2.36. The summed E-state index contributed by atoms with van der Waals surface area (Å²) in [6, 6.07) is 11.3. The van der Waals surface area contributed by atoms with Crippen LogP contribution in [0, 0.1) is 18.7 Å². The zero-order valence-electron chi connectivity index (χ0n) is 17.1. The molecule has 8 heteroatoms. The fourth-order valence-electron chi connectivity index (χ4n) is 3.10. The second-order valence-electron chi connectivity index (χ2n) is 7.45. The van der Waals surface area contributed by atoms with E-state index in [4.69, 9.17) is 4.74 Å². The Balaban J connectivity index is 1.58. The van der Waals surface area contributed by atoms with Crippen LogP contribution in [0.15, 0.2) is 42.5 Å². The van der Waals surface area contributed by atoms with Crippen LogP contribution in [0.4, 0.5) is 15.8 Å². The summed E-state index contributed by atoms with van der Waals surface area (Å²) in [5, 5.41) is 2.77. The number of anilines is 2. The van der Waals surface area contributed by atoms with Gasteiger partial charge in [0.2, 0.25) is 11.8 Å². The Morgan fingerprint density at radius 2 is 1.90 bits per heavy atom. The highest BCUT2D eigenvalue weighted by molar-refractivity contribution is 6.03. The molecule has 7 nitrogen and oxygen atoms in total. The smallest absolute Gasteiger partial charge is 0.259 e. The van der Waals surface area contributed by atoms with E-state index in [9.17, 15) is 18.8 Å². The normalized spacial score (nSPS) is 15.8. The van der Waals surface area contributed by atoms with Gasteiger partial charge in [0.15, 0.2) is 6.61 Å². The standard InChI is InChI=1S/C22H24FN3O4/c1-14-4-9-19(18(23)10-14)26-12-15(11-20(26)27)22(29)24-16-5-7-17(8-6-16)30-13-21(28)25(2)3/h4-10,15H,11-13H2,1-3H3,(H,24,29). The van der Waals surface area contributed by atoms with Crippen LogP contribution in [0.1, 0.15) is 12.0 Å². The zero-order chi connectivity index (χ0) is 21.8. The van der Waals surface area contributed by atoms with Crippen molar-refractivity contribution in [2.45, 2.75) is 13.3 Å². The number of hydrogen-bond acceptors (Lipinski definition) is 4. The lowest BCUT2D eigenvalue weighted by atomic mass is 10.1. The van der Waals surface area contributed by atoms with Crippen molar-refractivity contribution in [1.29, 1.82) is 0 Å². The van der Waals surface area contributed by atoms with Crippen molar-refractivity contribution in [3.63, 3.8) is 0 Å². The van der Waals surface area contributed by atoms with Gasteiger partial charge < -0.3 is 19.9 Å². The minimum absolute atomic E-state index is 0.0208. The van der Waals surface area contributed by atoms with Crippen molar-refractivity contribution in [3.05, 3.63) is 53.8 Å². The molecular formula is C22H24FN3O4. The molecule has 30 heavy (non-hydrogen) atoms. The van der Waals surface area contributed by atoms with Gasteiger partial charge in [-0.15, -0.1) is 0 Å². The zero-order valence-corrected chi connectivity index (χ0v) is 17.1. The Morgan fingerprint density at radius 1 is 1.20 bits per heavy atom. The largest absolute Gasteiger partial charge is 0.484 e. The van der Waals surface area contributed by atoms with E-state index < -0.39 is 11.7 Å². The fourth-order valence-corrected chi connectivity index (χ4v) is 3.10. The summed E-state index contributed by atoms with van der Waals surface area (Å²) < 4.78 is 19.6. The number of benzene rings is 2. The van der Waals surface area contributed by atoms with Gasteiger partial charge in [0.1, 0.15) is 11.6 Å². The number of halogens is 1. The lowest BCUT2D eigenvalue weighted by Gasteiger charge is -2.18. The quantitative estimate of drug-likeness (QED) is 0.790. The molecule has 2 aromatic rings. The molecule has 1 saturated heterocycles. The van der Waals surface area contributed by atoms with Crippen LogP contribution in [0.3, 0.4) is 0 Å². The number of likely N-dealkylation sites (N-methyl/N-ethyl adjacent to an activating group) is 1. The van der Waals surface area contributed by atoms with E-state index in [2.05, 4.69) is 5.32 Å². The number of ether oxygens (including phenoxy) is 1. The van der Waals surface area contributed by atoms with E-state index in [0.717, 1.165) is 5.56 Å². The monoisotopic (exact) mass is 413 g/mol. The Labute approximate surface area is 174 Å². The van der Waals surface area contributed by atoms with Crippen LogP contribution in [0.25, 0.3) is 0 Å². The van der Waals surface area contributed by atoms with Crippen LogP contribution in [0.2, 0.25) is 0 Å². The summed E-state index contributed by atoms with van der Waals surface area (Å²) in [6.07, 6.45) is 0.0208. The lowest BCUT2D eigenvalue weighted by molar-refractivity contribution is -0.130. The summed E-state index contributed by atoms with van der Waals surface area (Å²) in [5.41, 5.74) is 1.49. The third kappa shape index (κ3) is 4.94. The molecule has 3 amide bonds. The second-order valence-corrected chi connectivity index (χ2v) is 7.45. The van der Waals surface area contributed by atoms with Crippen LogP contribution in [-0.4, -0.2) is 49.9 Å². The van der Waals surface area contributed by atoms with Gasteiger partial charge in [0, 0.05) is 32.7 Å². The first-order valence-electron chi connectivity index (χ1n) is 9.55. The third-order valence-electron chi connectivity index (χ3n) is 4.87. The SMILES string of the molecule is Cc1ccc(N2CC(C(=O)Nc3ccc(OCC(=O)N(C)C)cc3)CC2=O)c(F)c1. The summed E-state index contributed by atoms with van der Waals surface area (Å²) in [7, 11) is 3.29. The number of nitrogens with zero attached hydrogens (tertiary/aromatic N) is 2. The molecule has 1 atom stereocenters. The number of rotatable bonds is 6. The molecule has 0 spiro atoms. The first-order chi connectivity index (χ1) is 14.2. The molecule has 0 bridgehead atoms. The van der Waals surface area contributed by atoms with Crippen LogP contribution >= 0.6 is 0 Å². The predicted molar refractivity (Wildman–Crippen MR) is 111 cm³/mol. The van der Waals surface area contributed by atoms with Gasteiger partial charge in [0.25, 0.3) is 5.91 Å². The van der Waals surface area contributed by atoms with Gasteiger partial charge in [-0.25, -0.2) is 4.39 Å². The molecule has 0 aliphatic carbocycles. The molecule has 0 radical (unpaired) electrons. The van der Waals surface area contributed by atoms with E-state index >= 15 is 0 Å². The molecule has 0 aromatic heterocycles. The minimum Gasteiger partial charge on any atom is -0.484 e. The van der Waals surface area contributed by atoms with E-state index in [-0.39, 0.29) is 43.0 Å². The molecule has 158 valence electrons. The lowest BCUT2D eigenvalue weighted by Crippen LogP contribution is -2.28. The van der Waals surface area contributed by atoms with Crippen molar-refractivity contribution < 1.29 is 23.5 Å². The number of carbonyl (C=O) groups is 3. The van der Waals surface area contributed by atoms with Gasteiger partial charge in [0.05, 0.1) is 11.6 Å². The molecule has 3 rings (SSSR count). The summed E-state index contributed by atoms with van der Waals surface area (Å²) >= 11 is 0. The number of hydrogen-bond donors (Lipinski definition) is 1. The maximum atomic E-state index is 14.2. The van der Waals surface area contributed by atoms with Crippen molar-refractivity contribution in [2.75, 3.05) is 37.5 Å². The minimum atomic E-state index is -0.577. The molecule has 1 aliphatic heterocycles. The van der Waals surface area contributed by atoms with Crippen molar-refractivity contribution >= 4 is 29.1 Å². The summed E-state index contributed by atoms with van der Waals surface area (Å²) in [5.74, 6) is -1.31. The van der Waals surface area contributed by atoms with E-state index in [1.165, 1.54) is 15.9 Å². The van der Waals surface area contributed by atoms with Gasteiger partial charge in [-0.1, -0.05) is 6.07 Å². The average Bonchev–Trinajstić information content (AvgIpc) is 3.08. The first-order valence-corrected chi connectivity index (χ1v) is 9.55. The predicted octanol–water partition coefficient (Wildman–Crippen LogP) is 2.59. The van der Waals surface area contributed by atoms with Gasteiger partial charge in [-0.2, -0.15) is 0 Å². The number of nitrogens with one attached hydrogen (secondary N) is 1. The Hall–Kier alpha value is -3.42. The average molecular weight is 413 g/mol. The highest BCUT2D eigenvalue weighted by Crippen LogP contribution is 2.29. The topological polar surface area (TPSA) is 79.0 Å². The molecule has 1 unspecified atom stereocenters. The van der Waals surface area contributed by atoms with Crippen molar-refractivity contribution in [3.8, 4) is 5.75 Å². The third-order valence-corrected chi connectivity index (χ3v) is 4.87. The molecule has 1 N–H and O–H groups in total. The van der Waals surface area contributed by atoms with Crippen LogP contribution in [-0.2, 0) is 14.4 Å². The second kappa shape index (κ2) is 8.94. The molecule has 0 saturated carbocycles. The number of amides is 3. The number of carbonyl (C=O) groups excluding carboxylic acids is 3. The Bertz CT molecular complexity index is 959. The maximum absolute atomic E-state index is 14.2. The van der Waals surface area contributed by atoms with Crippen LogP contribution < -0.4 is 15.0 Å². The van der Waals surface area contributed by atoms with Gasteiger partial charge in [-0.05, 0) is 48.9 Å². The first kappa shape index (κ1) is 21.3. The van der Waals surface area contributed by atoms with Crippen molar-refractivity contribution in [1.82, 2.24) is 4.90 Å². The Kier molecular flexibility index (Phi) is 6.34. The molecule has 2 aromatic carbocycles. The molecule has 1 aliphatic rings. The van der Waals surface area contributed by atoms with E-state index in [1.807, 2.05) is 0 Å². The van der Waals surface area contributed by atoms with Gasteiger partial charge >= 0.3 is 0 Å². The number of aryl methyl sites for hydroxylation is 1. The summed E-state index contributed by atoms with van der Waals surface area (Å²) in [6.45, 7) is 1.82. The molecule has 1 heterocycles.